The molecule has 0 N–H and O–H groups in total. The van der Waals surface area contributed by atoms with Crippen molar-refractivity contribution in [3.05, 3.63) is 35.7 Å². The predicted octanol–water partition coefficient (Wildman–Crippen LogP) is 1.21. The van der Waals surface area contributed by atoms with Gasteiger partial charge in [0.1, 0.15) is 11.9 Å². The number of hydrogen-bond donors (Lipinski definition) is 0. The minimum absolute atomic E-state index is 0.606. The van der Waals surface area contributed by atoms with E-state index in [1.54, 1.807) is 6.20 Å². The molecule has 2 aliphatic rings. The first-order valence-electron chi connectivity index (χ1n) is 7.83. The average molecular weight is 310 g/mol. The van der Waals surface area contributed by atoms with Crippen molar-refractivity contribution in [1.29, 1.82) is 5.26 Å². The zero-order chi connectivity index (χ0) is 15.8. The molecule has 0 amide bonds. The molecule has 2 atom stereocenters. The molecule has 23 heavy (non-hydrogen) atoms. The van der Waals surface area contributed by atoms with Gasteiger partial charge >= 0.3 is 0 Å². The summed E-state index contributed by atoms with van der Waals surface area (Å²) in [5.41, 5.74) is 0.606. The molecule has 2 fully saturated rings. The van der Waals surface area contributed by atoms with Gasteiger partial charge in [0.2, 0.25) is 11.8 Å². The second kappa shape index (κ2) is 5.63. The summed E-state index contributed by atoms with van der Waals surface area (Å²) in [6.07, 6.45) is 1.65. The van der Waals surface area contributed by atoms with Crippen LogP contribution in [0.1, 0.15) is 17.3 Å². The van der Waals surface area contributed by atoms with Crippen LogP contribution in [0.15, 0.2) is 22.7 Å². The molecule has 2 unspecified atom stereocenters. The SMILES string of the molecule is Cc1nnc(CN2CC3CN(c4ccc(C#N)cn4)CC3C2)o1. The number of aryl methyl sites for hydroxylation is 1. The molecule has 2 aliphatic heterocycles. The van der Waals surface area contributed by atoms with E-state index < -0.39 is 0 Å². The Kier molecular flexibility index (Phi) is 3.46. The standard InChI is InChI=1S/C16H18N6O/c1-11-19-20-16(23-11)10-21-6-13-8-22(9-14(13)7-21)15-3-2-12(4-17)5-18-15/h2-3,5,13-14H,6-10H2,1H3. The number of rotatable bonds is 3. The first-order chi connectivity index (χ1) is 11.2. The third-order valence-corrected chi connectivity index (χ3v) is 4.69. The first kappa shape index (κ1) is 14.2. The number of hydrogen-bond acceptors (Lipinski definition) is 7. The lowest BCUT2D eigenvalue weighted by molar-refractivity contribution is 0.271. The molecule has 0 radical (unpaired) electrons. The molecule has 0 aromatic carbocycles. The van der Waals surface area contributed by atoms with Crippen LogP contribution < -0.4 is 4.90 Å². The van der Waals surface area contributed by atoms with Crippen molar-refractivity contribution < 1.29 is 4.42 Å². The zero-order valence-corrected chi connectivity index (χ0v) is 13.0. The number of nitriles is 1. The second-order valence-electron chi connectivity index (χ2n) is 6.35. The highest BCUT2D eigenvalue weighted by atomic mass is 16.4. The summed E-state index contributed by atoms with van der Waals surface area (Å²) in [5, 5.41) is 16.8. The maximum absolute atomic E-state index is 8.85. The fraction of sp³-hybridized carbons (Fsp3) is 0.500. The molecule has 4 rings (SSSR count). The minimum atomic E-state index is 0.606. The Hall–Kier alpha value is -2.46. The Morgan fingerprint density at radius 2 is 2.00 bits per heavy atom. The molecule has 7 nitrogen and oxygen atoms in total. The molecule has 2 aromatic rings. The number of nitrogens with zero attached hydrogens (tertiary/aromatic N) is 6. The van der Waals surface area contributed by atoms with Crippen molar-refractivity contribution in [1.82, 2.24) is 20.1 Å². The van der Waals surface area contributed by atoms with E-state index in [0.29, 0.717) is 29.2 Å². The topological polar surface area (TPSA) is 82.1 Å². The number of aromatic nitrogens is 3. The lowest BCUT2D eigenvalue weighted by Crippen LogP contribution is -2.29. The molecule has 0 bridgehead atoms. The molecule has 2 saturated heterocycles. The van der Waals surface area contributed by atoms with Gasteiger partial charge in [0.15, 0.2) is 0 Å². The summed E-state index contributed by atoms with van der Waals surface area (Å²) in [4.78, 5) is 9.12. The highest BCUT2D eigenvalue weighted by molar-refractivity contribution is 5.43. The largest absolute Gasteiger partial charge is 0.424 e. The van der Waals surface area contributed by atoms with Crippen LogP contribution in [-0.2, 0) is 6.54 Å². The summed E-state index contributed by atoms with van der Waals surface area (Å²) in [6.45, 7) is 6.70. The lowest BCUT2D eigenvalue weighted by atomic mass is 10.0. The van der Waals surface area contributed by atoms with Crippen LogP contribution in [-0.4, -0.2) is 46.3 Å². The van der Waals surface area contributed by atoms with Crippen molar-refractivity contribution in [2.75, 3.05) is 31.1 Å². The smallest absolute Gasteiger partial charge is 0.230 e. The van der Waals surface area contributed by atoms with Gasteiger partial charge < -0.3 is 9.32 Å². The molecular formula is C16H18N6O. The molecular weight excluding hydrogens is 292 g/mol. The van der Waals surface area contributed by atoms with Crippen LogP contribution in [0.3, 0.4) is 0 Å². The van der Waals surface area contributed by atoms with Gasteiger partial charge in [-0.1, -0.05) is 0 Å². The van der Waals surface area contributed by atoms with Gasteiger partial charge in [-0.05, 0) is 24.0 Å². The van der Waals surface area contributed by atoms with Gasteiger partial charge in [-0.25, -0.2) is 4.98 Å². The van der Waals surface area contributed by atoms with E-state index in [-0.39, 0.29) is 0 Å². The third-order valence-electron chi connectivity index (χ3n) is 4.69. The zero-order valence-electron chi connectivity index (χ0n) is 13.0. The van der Waals surface area contributed by atoms with Crippen molar-refractivity contribution in [3.63, 3.8) is 0 Å². The highest BCUT2D eigenvalue weighted by Crippen LogP contribution is 2.33. The summed E-state index contributed by atoms with van der Waals surface area (Å²) < 4.78 is 5.47. The summed E-state index contributed by atoms with van der Waals surface area (Å²) in [6, 6.07) is 5.88. The normalized spacial score (nSPS) is 23.9. The Labute approximate surface area is 134 Å². The molecule has 0 spiro atoms. The molecule has 118 valence electrons. The van der Waals surface area contributed by atoms with E-state index in [2.05, 4.69) is 31.1 Å². The number of fused-ring (bicyclic) bond motifs is 1. The van der Waals surface area contributed by atoms with Crippen molar-refractivity contribution in [2.45, 2.75) is 13.5 Å². The molecule has 0 saturated carbocycles. The maximum atomic E-state index is 8.85. The lowest BCUT2D eigenvalue weighted by Gasteiger charge is -2.21. The number of pyridine rings is 1. The molecule has 2 aromatic heterocycles. The average Bonchev–Trinajstić information content (AvgIpc) is 3.22. The summed E-state index contributed by atoms with van der Waals surface area (Å²) >= 11 is 0. The molecule has 4 heterocycles. The third kappa shape index (κ3) is 2.78. The van der Waals surface area contributed by atoms with Gasteiger partial charge in [0, 0.05) is 39.3 Å². The van der Waals surface area contributed by atoms with Gasteiger partial charge in [0.25, 0.3) is 0 Å². The van der Waals surface area contributed by atoms with E-state index >= 15 is 0 Å². The van der Waals surface area contributed by atoms with E-state index in [0.717, 1.165) is 38.5 Å². The highest BCUT2D eigenvalue weighted by Gasteiger charge is 2.40. The number of anilines is 1. The van der Waals surface area contributed by atoms with Crippen molar-refractivity contribution in [3.8, 4) is 6.07 Å². The molecule has 7 heteroatoms. The Morgan fingerprint density at radius 1 is 1.22 bits per heavy atom. The van der Waals surface area contributed by atoms with Gasteiger partial charge in [0.05, 0.1) is 12.1 Å². The van der Waals surface area contributed by atoms with Crippen LogP contribution in [0.25, 0.3) is 0 Å². The van der Waals surface area contributed by atoms with E-state index in [1.165, 1.54) is 0 Å². The quantitative estimate of drug-likeness (QED) is 0.842. The van der Waals surface area contributed by atoms with Gasteiger partial charge in [-0.15, -0.1) is 10.2 Å². The fourth-order valence-corrected chi connectivity index (χ4v) is 3.64. The van der Waals surface area contributed by atoms with Crippen molar-refractivity contribution >= 4 is 5.82 Å². The van der Waals surface area contributed by atoms with E-state index in [1.807, 2.05) is 19.1 Å². The van der Waals surface area contributed by atoms with Crippen LogP contribution >= 0.6 is 0 Å². The van der Waals surface area contributed by atoms with Crippen LogP contribution in [0.2, 0.25) is 0 Å². The monoisotopic (exact) mass is 310 g/mol. The van der Waals surface area contributed by atoms with E-state index in [4.69, 9.17) is 9.68 Å². The molecule has 0 aliphatic carbocycles. The van der Waals surface area contributed by atoms with Crippen LogP contribution in [0, 0.1) is 30.1 Å². The van der Waals surface area contributed by atoms with E-state index in [9.17, 15) is 0 Å². The van der Waals surface area contributed by atoms with Gasteiger partial charge in [-0.2, -0.15) is 5.26 Å². The Balaban J connectivity index is 1.37. The summed E-state index contributed by atoms with van der Waals surface area (Å²) in [7, 11) is 0. The number of likely N-dealkylation sites (tertiary alicyclic amines) is 1. The van der Waals surface area contributed by atoms with Crippen LogP contribution in [0.4, 0.5) is 5.82 Å². The fourth-order valence-electron chi connectivity index (χ4n) is 3.64. The predicted molar refractivity (Wildman–Crippen MR) is 82.5 cm³/mol. The Bertz CT molecular complexity index is 720. The van der Waals surface area contributed by atoms with Crippen molar-refractivity contribution in [2.24, 2.45) is 11.8 Å². The van der Waals surface area contributed by atoms with Crippen LogP contribution in [0.5, 0.6) is 0 Å². The minimum Gasteiger partial charge on any atom is -0.424 e. The first-order valence-corrected chi connectivity index (χ1v) is 7.83. The van der Waals surface area contributed by atoms with Gasteiger partial charge in [-0.3, -0.25) is 4.90 Å². The Morgan fingerprint density at radius 3 is 2.57 bits per heavy atom. The second-order valence-corrected chi connectivity index (χ2v) is 6.35. The maximum Gasteiger partial charge on any atom is 0.230 e. The summed E-state index contributed by atoms with van der Waals surface area (Å²) in [5.74, 6) is 3.59.